The van der Waals surface area contributed by atoms with Crippen molar-refractivity contribution in [2.24, 2.45) is 11.8 Å². The number of hydrogen-bond acceptors (Lipinski definition) is 3. The molecule has 1 aromatic rings. The van der Waals surface area contributed by atoms with Crippen molar-refractivity contribution < 1.29 is 4.79 Å². The van der Waals surface area contributed by atoms with Crippen LogP contribution in [-0.4, -0.2) is 28.4 Å². The first kappa shape index (κ1) is 18.7. The van der Waals surface area contributed by atoms with Crippen LogP contribution in [-0.2, 0) is 11.2 Å². The van der Waals surface area contributed by atoms with E-state index in [1.54, 1.807) is 6.92 Å². The van der Waals surface area contributed by atoms with E-state index in [9.17, 15) is 14.9 Å². The second-order valence-corrected chi connectivity index (χ2v) is 8.04. The average molecular weight is 355 g/mol. The van der Waals surface area contributed by atoms with Crippen LogP contribution in [0.4, 0.5) is 0 Å². The molecule has 0 radical (unpaired) electrons. The highest BCUT2D eigenvalue weighted by Gasteiger charge is 2.39. The zero-order valence-corrected chi connectivity index (χ0v) is 16.1. The van der Waals surface area contributed by atoms with Gasteiger partial charge in [0, 0.05) is 24.7 Å². The van der Waals surface area contributed by atoms with Gasteiger partial charge < -0.3 is 9.88 Å². The van der Waals surface area contributed by atoms with Gasteiger partial charge in [0.15, 0.2) is 0 Å². The molecule has 0 aromatic carbocycles. The maximum absolute atomic E-state index is 13.0. The number of carbonyl (C=O) groups excluding carboxylic acids is 1. The zero-order valence-electron chi connectivity index (χ0n) is 16.1. The van der Waals surface area contributed by atoms with Crippen LogP contribution in [0.25, 0.3) is 0 Å². The molecule has 1 saturated carbocycles. The van der Waals surface area contributed by atoms with Gasteiger partial charge in [-0.2, -0.15) is 5.26 Å². The maximum Gasteiger partial charge on any atom is 0.266 e. The smallest absolute Gasteiger partial charge is 0.266 e. The SMILES string of the molecule is Cc1[nH]c(=O)c(C#N)c(C)c1CCC(=O)N1CCC(C)C2CCCCC21. The molecule has 1 aliphatic carbocycles. The number of nitriles is 1. The summed E-state index contributed by atoms with van der Waals surface area (Å²) in [4.78, 5) is 29.7. The lowest BCUT2D eigenvalue weighted by Gasteiger charge is -2.47. The van der Waals surface area contributed by atoms with E-state index in [2.05, 4.69) is 16.8 Å². The van der Waals surface area contributed by atoms with Crippen molar-refractivity contribution in [3.63, 3.8) is 0 Å². The number of nitrogens with one attached hydrogen (secondary N) is 1. The molecule has 1 N–H and O–H groups in total. The fraction of sp³-hybridized carbons (Fsp3) is 0.667. The van der Waals surface area contributed by atoms with Crippen LogP contribution in [0.2, 0.25) is 0 Å². The molecule has 2 fully saturated rings. The Hall–Kier alpha value is -2.09. The average Bonchev–Trinajstić information content (AvgIpc) is 2.62. The third-order valence-corrected chi connectivity index (χ3v) is 6.57. The fourth-order valence-corrected chi connectivity index (χ4v) is 5.02. The topological polar surface area (TPSA) is 77.0 Å². The Balaban J connectivity index is 1.73. The van der Waals surface area contributed by atoms with Crippen LogP contribution in [0.1, 0.15) is 67.8 Å². The van der Waals surface area contributed by atoms with Gasteiger partial charge in [-0.25, -0.2) is 0 Å². The van der Waals surface area contributed by atoms with Crippen molar-refractivity contribution in [1.29, 1.82) is 5.26 Å². The van der Waals surface area contributed by atoms with E-state index in [0.717, 1.165) is 30.6 Å². The van der Waals surface area contributed by atoms with Gasteiger partial charge in [0.25, 0.3) is 5.56 Å². The summed E-state index contributed by atoms with van der Waals surface area (Å²) in [7, 11) is 0. The quantitative estimate of drug-likeness (QED) is 0.904. The molecule has 2 aliphatic rings. The van der Waals surface area contributed by atoms with E-state index in [1.165, 1.54) is 19.3 Å². The fourth-order valence-electron chi connectivity index (χ4n) is 5.02. The number of hydrogen-bond donors (Lipinski definition) is 1. The minimum Gasteiger partial charge on any atom is -0.339 e. The molecule has 3 rings (SSSR count). The highest BCUT2D eigenvalue weighted by molar-refractivity contribution is 5.77. The van der Waals surface area contributed by atoms with Crippen LogP contribution < -0.4 is 5.56 Å². The van der Waals surface area contributed by atoms with Gasteiger partial charge in [0.05, 0.1) is 0 Å². The van der Waals surface area contributed by atoms with Crippen molar-refractivity contribution in [2.75, 3.05) is 6.54 Å². The molecule has 1 amide bonds. The molecule has 1 saturated heterocycles. The largest absolute Gasteiger partial charge is 0.339 e. The van der Waals surface area contributed by atoms with Crippen molar-refractivity contribution in [3.8, 4) is 6.07 Å². The highest BCUT2D eigenvalue weighted by atomic mass is 16.2. The molecule has 5 heteroatoms. The van der Waals surface area contributed by atoms with E-state index >= 15 is 0 Å². The summed E-state index contributed by atoms with van der Waals surface area (Å²) >= 11 is 0. The van der Waals surface area contributed by atoms with Gasteiger partial charge >= 0.3 is 0 Å². The van der Waals surface area contributed by atoms with Gasteiger partial charge in [-0.1, -0.05) is 19.8 Å². The van der Waals surface area contributed by atoms with E-state index in [4.69, 9.17) is 0 Å². The maximum atomic E-state index is 13.0. The van der Waals surface area contributed by atoms with E-state index in [1.807, 2.05) is 13.0 Å². The van der Waals surface area contributed by atoms with Gasteiger partial charge in [0.2, 0.25) is 5.91 Å². The number of carbonyl (C=O) groups is 1. The van der Waals surface area contributed by atoms with Gasteiger partial charge in [0.1, 0.15) is 11.6 Å². The van der Waals surface area contributed by atoms with Crippen molar-refractivity contribution in [2.45, 2.75) is 71.8 Å². The Labute approximate surface area is 155 Å². The summed E-state index contributed by atoms with van der Waals surface area (Å²) in [6.45, 7) is 6.85. The molecule has 2 heterocycles. The van der Waals surface area contributed by atoms with Gasteiger partial charge in [-0.3, -0.25) is 9.59 Å². The number of pyridine rings is 1. The molecule has 0 spiro atoms. The van der Waals surface area contributed by atoms with Crippen molar-refractivity contribution >= 4 is 5.91 Å². The molecular formula is C21H29N3O2. The lowest BCUT2D eigenvalue weighted by molar-refractivity contribution is -0.139. The molecule has 5 nitrogen and oxygen atoms in total. The van der Waals surface area contributed by atoms with E-state index < -0.39 is 0 Å². The summed E-state index contributed by atoms with van der Waals surface area (Å²) in [5.41, 5.74) is 2.23. The first-order valence-electron chi connectivity index (χ1n) is 9.86. The first-order valence-corrected chi connectivity index (χ1v) is 9.86. The van der Waals surface area contributed by atoms with Crippen LogP contribution >= 0.6 is 0 Å². The Morgan fingerprint density at radius 3 is 2.73 bits per heavy atom. The monoisotopic (exact) mass is 355 g/mol. The lowest BCUT2D eigenvalue weighted by atomic mass is 9.72. The molecule has 1 aliphatic heterocycles. The summed E-state index contributed by atoms with van der Waals surface area (Å²) < 4.78 is 0. The van der Waals surface area contributed by atoms with E-state index in [-0.39, 0.29) is 17.0 Å². The molecule has 26 heavy (non-hydrogen) atoms. The van der Waals surface area contributed by atoms with Crippen LogP contribution in [0.5, 0.6) is 0 Å². The number of nitrogens with zero attached hydrogens (tertiary/aromatic N) is 2. The minimum atomic E-state index is -0.340. The number of likely N-dealkylation sites (tertiary alicyclic amines) is 1. The minimum absolute atomic E-state index is 0.164. The van der Waals surface area contributed by atoms with Gasteiger partial charge in [-0.15, -0.1) is 0 Å². The molecule has 0 bridgehead atoms. The standard InChI is InChI=1S/C21H29N3O2/c1-13-10-11-24(19-7-5-4-6-16(13)19)20(25)9-8-17-14(2)18(12-22)21(26)23-15(17)3/h13,16,19H,4-11H2,1-3H3,(H,23,26). The van der Waals surface area contributed by atoms with Gasteiger partial charge in [-0.05, 0) is 62.5 Å². The number of amides is 1. The molecule has 3 atom stereocenters. The summed E-state index contributed by atoms with van der Waals surface area (Å²) in [6.07, 6.45) is 7.01. The summed E-state index contributed by atoms with van der Waals surface area (Å²) in [5.74, 6) is 1.59. The number of piperidine rings is 1. The summed E-state index contributed by atoms with van der Waals surface area (Å²) in [5, 5.41) is 9.20. The third kappa shape index (κ3) is 3.42. The van der Waals surface area contributed by atoms with Crippen molar-refractivity contribution in [3.05, 3.63) is 32.7 Å². The van der Waals surface area contributed by atoms with Crippen LogP contribution in [0.3, 0.4) is 0 Å². The Bertz CT molecular complexity index is 790. The zero-order chi connectivity index (χ0) is 18.8. The number of aryl methyl sites for hydroxylation is 1. The molecule has 1 aromatic heterocycles. The first-order chi connectivity index (χ1) is 12.4. The summed E-state index contributed by atoms with van der Waals surface area (Å²) in [6, 6.07) is 2.39. The number of aromatic nitrogens is 1. The number of fused-ring (bicyclic) bond motifs is 1. The molecule has 140 valence electrons. The number of aromatic amines is 1. The normalized spacial score (nSPS) is 25.5. The Morgan fingerprint density at radius 2 is 2.00 bits per heavy atom. The molecular weight excluding hydrogens is 326 g/mol. The third-order valence-electron chi connectivity index (χ3n) is 6.57. The number of H-pyrrole nitrogens is 1. The van der Waals surface area contributed by atoms with E-state index in [0.29, 0.717) is 36.3 Å². The van der Waals surface area contributed by atoms with Crippen LogP contribution in [0.15, 0.2) is 4.79 Å². The lowest BCUT2D eigenvalue weighted by Crippen LogP contribution is -2.52. The van der Waals surface area contributed by atoms with Crippen molar-refractivity contribution in [1.82, 2.24) is 9.88 Å². The molecule has 3 unspecified atom stereocenters. The predicted octanol–water partition coefficient (Wildman–Crippen LogP) is 3.22. The Kier molecular flexibility index (Phi) is 5.50. The second kappa shape index (κ2) is 7.65. The highest BCUT2D eigenvalue weighted by Crippen LogP contribution is 2.39. The van der Waals surface area contributed by atoms with Crippen LogP contribution in [0, 0.1) is 37.0 Å². The predicted molar refractivity (Wildman–Crippen MR) is 101 cm³/mol. The Morgan fingerprint density at radius 1 is 1.27 bits per heavy atom. The number of rotatable bonds is 3. The second-order valence-electron chi connectivity index (χ2n) is 8.04.